The van der Waals surface area contributed by atoms with E-state index in [4.69, 9.17) is 9.47 Å². The largest absolute Gasteiger partial charge is 0.500 e. The number of aromatic hydroxyl groups is 1. The van der Waals surface area contributed by atoms with Gasteiger partial charge in [0.25, 0.3) is 0 Å². The van der Waals surface area contributed by atoms with E-state index in [9.17, 15) is 15.2 Å². The van der Waals surface area contributed by atoms with Gasteiger partial charge in [-0.25, -0.2) is 0 Å². The van der Waals surface area contributed by atoms with Crippen molar-refractivity contribution in [3.63, 3.8) is 0 Å². The van der Waals surface area contributed by atoms with Crippen LogP contribution in [0.25, 0.3) is 0 Å². The fourth-order valence-electron chi connectivity index (χ4n) is 3.85. The van der Waals surface area contributed by atoms with Gasteiger partial charge in [-0.05, 0) is 30.4 Å². The molecule has 1 aromatic rings. The molecule has 2 aliphatic heterocycles. The van der Waals surface area contributed by atoms with E-state index in [1.807, 2.05) is 0 Å². The van der Waals surface area contributed by atoms with E-state index in [0.717, 1.165) is 44.6 Å². The number of phenolic OH excluding ortho intramolecular Hbond substituents is 1. The minimum Gasteiger partial charge on any atom is -0.500 e. The van der Waals surface area contributed by atoms with Gasteiger partial charge < -0.3 is 19.9 Å². The predicted molar refractivity (Wildman–Crippen MR) is 107 cm³/mol. The van der Waals surface area contributed by atoms with E-state index in [1.54, 1.807) is 6.07 Å². The molecule has 2 aliphatic rings. The molecule has 0 spiro atoms. The summed E-state index contributed by atoms with van der Waals surface area (Å²) >= 11 is 0. The smallest absolute Gasteiger partial charge is 0.314 e. The molecule has 0 aliphatic carbocycles. The fourth-order valence-corrected chi connectivity index (χ4v) is 3.85. The van der Waals surface area contributed by atoms with Gasteiger partial charge in [0.05, 0.1) is 12.0 Å². The second-order valence-electron chi connectivity index (χ2n) is 6.53. The van der Waals surface area contributed by atoms with Crippen molar-refractivity contribution in [1.82, 2.24) is 10.2 Å². The maximum Gasteiger partial charge on any atom is 0.314 e. The lowest BCUT2D eigenvalue weighted by Crippen LogP contribution is -2.47. The number of ether oxygens (including phenoxy) is 2. The summed E-state index contributed by atoms with van der Waals surface area (Å²) in [6, 6.07) is 3.30. The Kier molecular flexibility index (Phi) is 9.55. The van der Waals surface area contributed by atoms with Gasteiger partial charge in [-0.2, -0.15) is 0 Å². The van der Waals surface area contributed by atoms with Crippen molar-refractivity contribution in [1.29, 1.82) is 0 Å². The summed E-state index contributed by atoms with van der Waals surface area (Å²) in [6.45, 7) is 5.00. The standard InChI is InChI=1S/C17H25N3O5.2ClH/c1-24-15-11-13(10-14(17(15)21)20(22)23)16(12-2-8-25-9-3-12)19-6-4-18-5-7-19;;/h10-12,16,18,21H,2-9H2,1H3;2*1H/t16-;;/m0../s1. The lowest BCUT2D eigenvalue weighted by molar-refractivity contribution is -0.386. The SMILES string of the molecule is COc1cc([C@H](C2CCOCC2)N2CCNCC2)cc([N+](=O)[O-])c1O.Cl.Cl. The van der Waals surface area contributed by atoms with Crippen molar-refractivity contribution in [3.8, 4) is 11.5 Å². The van der Waals surface area contributed by atoms with Crippen molar-refractivity contribution in [2.75, 3.05) is 46.5 Å². The Morgan fingerprint density at radius 1 is 1.30 bits per heavy atom. The summed E-state index contributed by atoms with van der Waals surface area (Å²) < 4.78 is 10.7. The van der Waals surface area contributed by atoms with Gasteiger partial charge in [-0.1, -0.05) is 0 Å². The Morgan fingerprint density at radius 2 is 1.93 bits per heavy atom. The minimum absolute atomic E-state index is 0. The van der Waals surface area contributed by atoms with Crippen molar-refractivity contribution in [3.05, 3.63) is 27.8 Å². The number of nitrogens with one attached hydrogen (secondary N) is 1. The molecule has 0 aromatic heterocycles. The predicted octanol–water partition coefficient (Wildman–Crippen LogP) is 2.53. The van der Waals surface area contributed by atoms with Crippen LogP contribution in [0, 0.1) is 16.0 Å². The Labute approximate surface area is 171 Å². The van der Waals surface area contributed by atoms with Gasteiger partial charge in [-0.3, -0.25) is 15.0 Å². The number of methoxy groups -OCH3 is 1. The van der Waals surface area contributed by atoms with Gasteiger partial charge in [0, 0.05) is 51.5 Å². The van der Waals surface area contributed by atoms with Gasteiger partial charge >= 0.3 is 5.69 Å². The third-order valence-electron chi connectivity index (χ3n) is 5.09. The Morgan fingerprint density at radius 3 is 2.48 bits per heavy atom. The monoisotopic (exact) mass is 423 g/mol. The van der Waals surface area contributed by atoms with E-state index in [2.05, 4.69) is 10.2 Å². The zero-order valence-corrected chi connectivity index (χ0v) is 16.9. The van der Waals surface area contributed by atoms with Crippen LogP contribution in [0.3, 0.4) is 0 Å². The summed E-state index contributed by atoms with van der Waals surface area (Å²) in [6.07, 6.45) is 1.84. The fraction of sp³-hybridized carbons (Fsp3) is 0.647. The van der Waals surface area contributed by atoms with E-state index in [0.29, 0.717) is 19.1 Å². The zero-order chi connectivity index (χ0) is 17.8. The molecule has 0 amide bonds. The Hall–Kier alpha value is -1.32. The van der Waals surface area contributed by atoms with Crippen LogP contribution in [-0.4, -0.2) is 61.4 Å². The number of hydrogen-bond donors (Lipinski definition) is 2. The summed E-state index contributed by atoms with van der Waals surface area (Å²) in [5.41, 5.74) is 0.525. The summed E-state index contributed by atoms with van der Waals surface area (Å²) in [4.78, 5) is 13.2. The summed E-state index contributed by atoms with van der Waals surface area (Å²) in [7, 11) is 1.41. The third-order valence-corrected chi connectivity index (χ3v) is 5.09. The quantitative estimate of drug-likeness (QED) is 0.554. The highest BCUT2D eigenvalue weighted by atomic mass is 35.5. The second kappa shape index (κ2) is 10.9. The highest BCUT2D eigenvalue weighted by Gasteiger charge is 2.33. The molecule has 0 bridgehead atoms. The van der Waals surface area contributed by atoms with Gasteiger partial charge in [-0.15, -0.1) is 24.8 Å². The van der Waals surface area contributed by atoms with Crippen LogP contribution in [0.5, 0.6) is 11.5 Å². The number of rotatable bonds is 5. The maximum absolute atomic E-state index is 11.4. The first kappa shape index (κ1) is 23.7. The molecule has 2 N–H and O–H groups in total. The molecular formula is C17H27Cl2N3O5. The maximum atomic E-state index is 11.4. The molecule has 1 atom stereocenters. The van der Waals surface area contributed by atoms with Crippen molar-refractivity contribution >= 4 is 30.5 Å². The molecule has 2 saturated heterocycles. The highest BCUT2D eigenvalue weighted by Crippen LogP contribution is 2.43. The number of nitro groups is 1. The molecule has 0 unspecified atom stereocenters. The first-order chi connectivity index (χ1) is 12.1. The number of phenols is 1. The summed E-state index contributed by atoms with van der Waals surface area (Å²) in [5.74, 6) is 0.0967. The average Bonchev–Trinajstić information content (AvgIpc) is 2.64. The molecule has 2 fully saturated rings. The van der Waals surface area contributed by atoms with Crippen LogP contribution in [-0.2, 0) is 4.74 Å². The van der Waals surface area contributed by atoms with Crippen molar-refractivity contribution < 1.29 is 19.5 Å². The number of piperazine rings is 1. The molecule has 2 heterocycles. The van der Waals surface area contributed by atoms with Gasteiger partial charge in [0.2, 0.25) is 5.75 Å². The lowest BCUT2D eigenvalue weighted by Gasteiger charge is -2.41. The van der Waals surface area contributed by atoms with Crippen LogP contribution in [0.15, 0.2) is 12.1 Å². The number of benzene rings is 1. The molecule has 3 rings (SSSR count). The van der Waals surface area contributed by atoms with E-state index in [-0.39, 0.29) is 42.3 Å². The molecule has 0 radical (unpaired) electrons. The van der Waals surface area contributed by atoms with Crippen LogP contribution in [0.2, 0.25) is 0 Å². The summed E-state index contributed by atoms with van der Waals surface area (Å²) in [5, 5.41) is 24.8. The van der Waals surface area contributed by atoms with Crippen LogP contribution >= 0.6 is 24.8 Å². The average molecular weight is 424 g/mol. The number of halogens is 2. The number of hydrogen-bond acceptors (Lipinski definition) is 7. The Bertz CT molecular complexity index is 605. The van der Waals surface area contributed by atoms with Gasteiger partial charge in [0.15, 0.2) is 5.75 Å². The van der Waals surface area contributed by atoms with Crippen molar-refractivity contribution in [2.45, 2.75) is 18.9 Å². The van der Waals surface area contributed by atoms with E-state index in [1.165, 1.54) is 13.2 Å². The highest BCUT2D eigenvalue weighted by molar-refractivity contribution is 5.85. The number of nitrogens with zero attached hydrogens (tertiary/aromatic N) is 2. The van der Waals surface area contributed by atoms with E-state index < -0.39 is 10.7 Å². The van der Waals surface area contributed by atoms with Gasteiger partial charge in [0.1, 0.15) is 0 Å². The molecule has 27 heavy (non-hydrogen) atoms. The number of nitro benzene ring substituents is 1. The first-order valence-electron chi connectivity index (χ1n) is 8.69. The normalized spacial score (nSPS) is 19.4. The van der Waals surface area contributed by atoms with E-state index >= 15 is 0 Å². The van der Waals surface area contributed by atoms with Crippen LogP contribution < -0.4 is 10.1 Å². The second-order valence-corrected chi connectivity index (χ2v) is 6.53. The Balaban J connectivity index is 0.00000182. The molecule has 0 saturated carbocycles. The van der Waals surface area contributed by atoms with Crippen molar-refractivity contribution in [2.24, 2.45) is 5.92 Å². The topological polar surface area (TPSA) is 97.1 Å². The van der Waals surface area contributed by atoms with Crippen LogP contribution in [0.4, 0.5) is 5.69 Å². The third kappa shape index (κ3) is 5.36. The molecule has 154 valence electrons. The molecule has 10 heteroatoms. The first-order valence-corrected chi connectivity index (χ1v) is 8.69. The molecule has 8 nitrogen and oxygen atoms in total. The van der Waals surface area contributed by atoms with Crippen LogP contribution in [0.1, 0.15) is 24.4 Å². The molecular weight excluding hydrogens is 397 g/mol. The minimum atomic E-state index is -0.555. The zero-order valence-electron chi connectivity index (χ0n) is 15.3. The lowest BCUT2D eigenvalue weighted by atomic mass is 9.85. The molecule has 1 aromatic carbocycles.